The Kier molecular flexibility index (Phi) is 4.69. The third-order valence-electron chi connectivity index (χ3n) is 3.01. The molecule has 0 aliphatic carbocycles. The van der Waals surface area contributed by atoms with Crippen LogP contribution in [0.1, 0.15) is 5.82 Å². The van der Waals surface area contributed by atoms with Crippen LogP contribution in [0.5, 0.6) is 0 Å². The fourth-order valence-corrected chi connectivity index (χ4v) is 4.02. The van der Waals surface area contributed by atoms with Crippen LogP contribution in [0, 0.1) is 0 Å². The van der Waals surface area contributed by atoms with Crippen molar-refractivity contribution in [2.75, 3.05) is 5.88 Å². The van der Waals surface area contributed by atoms with E-state index < -0.39 is 0 Å². The van der Waals surface area contributed by atoms with Gasteiger partial charge in [-0.3, -0.25) is 4.57 Å². The highest BCUT2D eigenvalue weighted by Gasteiger charge is 2.17. The van der Waals surface area contributed by atoms with Crippen molar-refractivity contribution >= 4 is 70.6 Å². The predicted molar refractivity (Wildman–Crippen MR) is 96.4 cm³/mol. The molecule has 7 heteroatoms. The molecule has 0 atom stereocenters. The Labute approximate surface area is 152 Å². The molecule has 0 unspecified atom stereocenters. The first kappa shape index (κ1) is 15.5. The van der Waals surface area contributed by atoms with E-state index in [2.05, 4.69) is 57.8 Å². The van der Waals surface area contributed by atoms with Gasteiger partial charge in [-0.25, -0.2) is 9.97 Å². The third-order valence-corrected chi connectivity index (χ3v) is 4.92. The van der Waals surface area contributed by atoms with Crippen molar-refractivity contribution in [3.05, 3.63) is 49.7 Å². The number of fused-ring (bicyclic) bond motifs is 1. The highest BCUT2D eigenvalue weighted by atomic mass is 79.9. The fraction of sp³-hybridized carbons (Fsp3) is 0.143. The number of benzene rings is 1. The van der Waals surface area contributed by atoms with Gasteiger partial charge in [-0.05, 0) is 66.0 Å². The normalized spacial score (nSPS) is 11.2. The summed E-state index contributed by atoms with van der Waals surface area (Å²) in [7, 11) is 0. The summed E-state index contributed by atoms with van der Waals surface area (Å²) in [5, 5.41) is 0. The molecule has 21 heavy (non-hydrogen) atoms. The lowest BCUT2D eigenvalue weighted by Crippen LogP contribution is -2.04. The number of aromatic nitrogens is 3. The molecule has 0 bridgehead atoms. The van der Waals surface area contributed by atoms with Crippen LogP contribution in [0.15, 0.2) is 43.9 Å². The second-order valence-corrected chi connectivity index (χ2v) is 7.37. The van der Waals surface area contributed by atoms with Gasteiger partial charge in [0.25, 0.3) is 0 Å². The van der Waals surface area contributed by atoms with E-state index in [0.29, 0.717) is 12.3 Å². The van der Waals surface area contributed by atoms with Crippen LogP contribution in [0.2, 0.25) is 0 Å². The Balaban J connectivity index is 2.36. The number of para-hydroxylation sites is 1. The van der Waals surface area contributed by atoms with Gasteiger partial charge < -0.3 is 0 Å². The van der Waals surface area contributed by atoms with E-state index in [9.17, 15) is 0 Å². The number of rotatable bonds is 3. The van der Waals surface area contributed by atoms with Crippen LogP contribution in [0.4, 0.5) is 0 Å². The van der Waals surface area contributed by atoms with E-state index in [1.165, 1.54) is 0 Å². The van der Waals surface area contributed by atoms with Gasteiger partial charge in [-0.15, -0.1) is 11.6 Å². The van der Waals surface area contributed by atoms with E-state index in [4.69, 9.17) is 11.6 Å². The second-order valence-electron chi connectivity index (χ2n) is 4.37. The van der Waals surface area contributed by atoms with Crippen molar-refractivity contribution in [2.45, 2.75) is 6.42 Å². The molecule has 0 saturated heterocycles. The summed E-state index contributed by atoms with van der Waals surface area (Å²) in [6.07, 6.45) is 2.44. The molecule has 1 aromatic carbocycles. The lowest BCUT2D eigenvalue weighted by Gasteiger charge is -2.12. The average molecular weight is 494 g/mol. The number of imidazole rings is 1. The fourth-order valence-electron chi connectivity index (χ4n) is 2.18. The first-order chi connectivity index (χ1) is 10.1. The highest BCUT2D eigenvalue weighted by molar-refractivity contribution is 9.11. The SMILES string of the molecule is ClCCc1nc2cc(Br)cnc2n1-c1c(Br)cccc1Br. The summed E-state index contributed by atoms with van der Waals surface area (Å²) in [6, 6.07) is 7.92. The van der Waals surface area contributed by atoms with Crippen molar-refractivity contribution in [1.82, 2.24) is 14.5 Å². The van der Waals surface area contributed by atoms with Crippen LogP contribution in [-0.2, 0) is 6.42 Å². The maximum Gasteiger partial charge on any atom is 0.164 e. The number of hydrogen-bond acceptors (Lipinski definition) is 2. The molecule has 0 spiro atoms. The largest absolute Gasteiger partial charge is 0.278 e. The summed E-state index contributed by atoms with van der Waals surface area (Å²) in [6.45, 7) is 0. The minimum Gasteiger partial charge on any atom is -0.278 e. The van der Waals surface area contributed by atoms with Gasteiger partial charge in [0.05, 0.1) is 5.69 Å². The average Bonchev–Trinajstić information content (AvgIpc) is 2.77. The molecule has 3 rings (SSSR count). The quantitative estimate of drug-likeness (QED) is 0.451. The molecule has 0 N–H and O–H groups in total. The van der Waals surface area contributed by atoms with Crippen LogP contribution < -0.4 is 0 Å². The second kappa shape index (κ2) is 6.36. The van der Waals surface area contributed by atoms with Crippen molar-refractivity contribution in [2.24, 2.45) is 0 Å². The lowest BCUT2D eigenvalue weighted by molar-refractivity contribution is 0.899. The molecule has 0 aliphatic heterocycles. The van der Waals surface area contributed by atoms with Crippen molar-refractivity contribution in [1.29, 1.82) is 0 Å². The first-order valence-corrected chi connectivity index (χ1v) is 9.06. The van der Waals surface area contributed by atoms with Crippen molar-refractivity contribution < 1.29 is 0 Å². The molecule has 2 heterocycles. The van der Waals surface area contributed by atoms with Crippen LogP contribution in [-0.4, -0.2) is 20.4 Å². The maximum atomic E-state index is 5.93. The monoisotopic (exact) mass is 491 g/mol. The number of hydrogen-bond donors (Lipinski definition) is 0. The summed E-state index contributed by atoms with van der Waals surface area (Å²) >= 11 is 16.6. The Bertz CT molecular complexity index is 796. The molecule has 3 nitrogen and oxygen atoms in total. The van der Waals surface area contributed by atoms with E-state index in [1.807, 2.05) is 28.8 Å². The van der Waals surface area contributed by atoms with Gasteiger partial charge in [-0.2, -0.15) is 0 Å². The van der Waals surface area contributed by atoms with Crippen molar-refractivity contribution in [3.8, 4) is 5.69 Å². The molecule has 0 saturated carbocycles. The molecule has 0 amide bonds. The summed E-state index contributed by atoms with van der Waals surface area (Å²) in [4.78, 5) is 9.18. The maximum absolute atomic E-state index is 5.93. The summed E-state index contributed by atoms with van der Waals surface area (Å²) < 4.78 is 4.88. The van der Waals surface area contributed by atoms with E-state index in [0.717, 1.165) is 36.1 Å². The van der Waals surface area contributed by atoms with Gasteiger partial charge in [0.15, 0.2) is 5.65 Å². The molecule has 0 radical (unpaired) electrons. The number of pyridine rings is 1. The van der Waals surface area contributed by atoms with Gasteiger partial charge in [0.1, 0.15) is 11.3 Å². The zero-order valence-electron chi connectivity index (χ0n) is 10.7. The summed E-state index contributed by atoms with van der Waals surface area (Å²) in [5.74, 6) is 1.39. The molecular formula is C14H9Br3ClN3. The van der Waals surface area contributed by atoms with Crippen LogP contribution in [0.25, 0.3) is 16.9 Å². The Morgan fingerprint density at radius 3 is 2.52 bits per heavy atom. The van der Waals surface area contributed by atoms with E-state index in [-0.39, 0.29) is 0 Å². The lowest BCUT2D eigenvalue weighted by atomic mass is 10.3. The van der Waals surface area contributed by atoms with Gasteiger partial charge in [0, 0.05) is 31.9 Å². The Morgan fingerprint density at radius 1 is 1.14 bits per heavy atom. The third kappa shape index (κ3) is 2.91. The Hall–Kier alpha value is -0.430. The van der Waals surface area contributed by atoms with Crippen LogP contribution >= 0.6 is 59.4 Å². The first-order valence-electron chi connectivity index (χ1n) is 6.15. The molecule has 0 aliphatic rings. The molecule has 0 fully saturated rings. The van der Waals surface area contributed by atoms with Gasteiger partial charge >= 0.3 is 0 Å². The highest BCUT2D eigenvalue weighted by Crippen LogP contribution is 2.33. The van der Waals surface area contributed by atoms with Gasteiger partial charge in [-0.1, -0.05) is 6.07 Å². The molecule has 3 aromatic rings. The minimum absolute atomic E-state index is 0.507. The smallest absolute Gasteiger partial charge is 0.164 e. The zero-order valence-corrected chi connectivity index (χ0v) is 16.2. The number of nitrogens with zero attached hydrogens (tertiary/aromatic N) is 3. The molecule has 108 valence electrons. The van der Waals surface area contributed by atoms with Crippen LogP contribution in [0.3, 0.4) is 0 Å². The number of alkyl halides is 1. The minimum atomic E-state index is 0.507. The summed E-state index contributed by atoms with van der Waals surface area (Å²) in [5.41, 5.74) is 2.63. The predicted octanol–water partition coefficient (Wildman–Crippen LogP) is 5.49. The van der Waals surface area contributed by atoms with E-state index in [1.54, 1.807) is 6.20 Å². The zero-order chi connectivity index (χ0) is 15.0. The number of halogens is 4. The van der Waals surface area contributed by atoms with Gasteiger partial charge in [0.2, 0.25) is 0 Å². The van der Waals surface area contributed by atoms with Crippen molar-refractivity contribution in [3.63, 3.8) is 0 Å². The van der Waals surface area contributed by atoms with E-state index >= 15 is 0 Å². The standard InChI is InChI=1S/C14H9Br3ClN3/c15-8-6-11-14(19-7-8)21(12(20-11)4-5-18)13-9(16)2-1-3-10(13)17/h1-3,6-7H,4-5H2. The molecular weight excluding hydrogens is 485 g/mol. The Morgan fingerprint density at radius 2 is 1.86 bits per heavy atom. The topological polar surface area (TPSA) is 30.7 Å². The number of aryl methyl sites for hydroxylation is 1. The molecule has 2 aromatic heterocycles.